The summed E-state index contributed by atoms with van der Waals surface area (Å²) in [6, 6.07) is 9.62. The minimum atomic E-state index is -0.0729. The first-order valence-corrected chi connectivity index (χ1v) is 9.77. The molecule has 0 saturated carbocycles. The quantitative estimate of drug-likeness (QED) is 0.731. The van der Waals surface area contributed by atoms with Gasteiger partial charge in [-0.15, -0.1) is 0 Å². The summed E-state index contributed by atoms with van der Waals surface area (Å²) in [5.74, 6) is 1.74. The van der Waals surface area contributed by atoms with Crippen LogP contribution in [0.1, 0.15) is 27.2 Å². The van der Waals surface area contributed by atoms with Crippen LogP contribution in [0.5, 0.6) is 0 Å². The molecule has 0 radical (unpaired) electrons. The molecule has 1 fully saturated rings. The summed E-state index contributed by atoms with van der Waals surface area (Å²) in [6.07, 6.45) is 3.29. The molecule has 1 saturated heterocycles. The average molecular weight is 391 g/mol. The van der Waals surface area contributed by atoms with Gasteiger partial charge in [0.25, 0.3) is 5.91 Å². The fourth-order valence-corrected chi connectivity index (χ4v) is 3.74. The van der Waals surface area contributed by atoms with Gasteiger partial charge in [-0.1, -0.05) is 17.7 Å². The molecular weight excluding hydrogens is 366 g/mol. The highest BCUT2D eigenvalue weighted by atomic mass is 16.3. The van der Waals surface area contributed by atoms with E-state index in [-0.39, 0.29) is 5.91 Å². The summed E-state index contributed by atoms with van der Waals surface area (Å²) in [7, 11) is 0. The van der Waals surface area contributed by atoms with Crippen molar-refractivity contribution in [1.29, 1.82) is 0 Å². The normalized spacial score (nSPS) is 14.2. The van der Waals surface area contributed by atoms with E-state index in [1.807, 2.05) is 6.07 Å². The molecule has 1 aromatic carbocycles. The molecule has 1 aliphatic heterocycles. The number of piperazine rings is 1. The zero-order chi connectivity index (χ0) is 20.4. The average Bonchev–Trinajstić information content (AvgIpc) is 3.25. The number of carbonyl (C=O) groups is 1. The number of carbonyl (C=O) groups excluding carboxylic acids is 1. The van der Waals surface area contributed by atoms with Gasteiger partial charge >= 0.3 is 0 Å². The van der Waals surface area contributed by atoms with Crippen molar-refractivity contribution in [2.45, 2.75) is 20.8 Å². The molecule has 1 aliphatic rings. The zero-order valence-corrected chi connectivity index (χ0v) is 17.0. The van der Waals surface area contributed by atoms with Crippen LogP contribution in [0.4, 0.5) is 17.5 Å². The Balaban J connectivity index is 1.44. The van der Waals surface area contributed by atoms with Crippen molar-refractivity contribution in [3.8, 4) is 0 Å². The summed E-state index contributed by atoms with van der Waals surface area (Å²) in [6.45, 7) is 8.87. The van der Waals surface area contributed by atoms with Crippen LogP contribution in [0.2, 0.25) is 0 Å². The molecule has 1 amide bonds. The van der Waals surface area contributed by atoms with Crippen LogP contribution in [0.15, 0.2) is 47.2 Å². The van der Waals surface area contributed by atoms with E-state index in [1.165, 1.54) is 23.0 Å². The van der Waals surface area contributed by atoms with Crippen LogP contribution in [-0.2, 0) is 0 Å². The van der Waals surface area contributed by atoms with Crippen LogP contribution in [0.3, 0.4) is 0 Å². The Bertz CT molecular complexity index is 985. The van der Waals surface area contributed by atoms with Crippen molar-refractivity contribution in [2.75, 3.05) is 36.4 Å². The molecule has 2 aromatic heterocycles. The van der Waals surface area contributed by atoms with Gasteiger partial charge in [0.15, 0.2) is 5.76 Å². The first-order chi connectivity index (χ1) is 14.0. The van der Waals surface area contributed by atoms with Gasteiger partial charge in [0.2, 0.25) is 5.95 Å². The van der Waals surface area contributed by atoms with E-state index in [0.29, 0.717) is 37.9 Å². The van der Waals surface area contributed by atoms with Crippen molar-refractivity contribution < 1.29 is 9.21 Å². The van der Waals surface area contributed by atoms with Gasteiger partial charge in [0, 0.05) is 38.1 Å². The highest BCUT2D eigenvalue weighted by Crippen LogP contribution is 2.25. The SMILES string of the molecule is Cc1cc(C)c(Nc2ccnc(N3CCN(C(=O)c4ccco4)CC3)n2)c(C)c1. The third-order valence-corrected chi connectivity index (χ3v) is 5.15. The van der Waals surface area contributed by atoms with E-state index in [9.17, 15) is 4.79 Å². The van der Waals surface area contributed by atoms with Gasteiger partial charge < -0.3 is 19.5 Å². The van der Waals surface area contributed by atoms with Crippen LogP contribution < -0.4 is 10.2 Å². The summed E-state index contributed by atoms with van der Waals surface area (Å²) in [5.41, 5.74) is 4.70. The number of benzene rings is 1. The fraction of sp³-hybridized carbons (Fsp3) is 0.318. The molecule has 7 nitrogen and oxygen atoms in total. The molecular formula is C22H25N5O2. The van der Waals surface area contributed by atoms with Crippen molar-refractivity contribution in [3.05, 3.63) is 65.2 Å². The second-order valence-corrected chi connectivity index (χ2v) is 7.40. The summed E-state index contributed by atoms with van der Waals surface area (Å²) >= 11 is 0. The minimum absolute atomic E-state index is 0.0729. The molecule has 0 atom stereocenters. The molecule has 4 rings (SSSR count). The van der Waals surface area contributed by atoms with Gasteiger partial charge in [-0.3, -0.25) is 4.79 Å². The largest absolute Gasteiger partial charge is 0.459 e. The smallest absolute Gasteiger partial charge is 0.289 e. The zero-order valence-electron chi connectivity index (χ0n) is 17.0. The Morgan fingerprint density at radius 1 is 1.07 bits per heavy atom. The van der Waals surface area contributed by atoms with Crippen LogP contribution in [0, 0.1) is 20.8 Å². The number of aromatic nitrogens is 2. The second-order valence-electron chi connectivity index (χ2n) is 7.40. The van der Waals surface area contributed by atoms with E-state index in [4.69, 9.17) is 9.40 Å². The Labute approximate surface area is 170 Å². The molecule has 3 aromatic rings. The van der Waals surface area contributed by atoms with Gasteiger partial charge in [-0.25, -0.2) is 4.98 Å². The van der Waals surface area contributed by atoms with Gasteiger partial charge in [-0.2, -0.15) is 4.98 Å². The summed E-state index contributed by atoms with van der Waals surface area (Å²) in [4.78, 5) is 25.5. The lowest BCUT2D eigenvalue weighted by molar-refractivity contribution is 0.0714. The molecule has 7 heteroatoms. The molecule has 0 unspecified atom stereocenters. The number of furan rings is 1. The number of hydrogen-bond acceptors (Lipinski definition) is 6. The topological polar surface area (TPSA) is 74.5 Å². The molecule has 1 N–H and O–H groups in total. The Morgan fingerprint density at radius 2 is 1.79 bits per heavy atom. The van der Waals surface area contributed by atoms with Crippen LogP contribution in [-0.4, -0.2) is 47.0 Å². The third kappa shape index (κ3) is 4.08. The van der Waals surface area contributed by atoms with Gasteiger partial charge in [-0.05, 0) is 50.1 Å². The monoisotopic (exact) mass is 391 g/mol. The maximum atomic E-state index is 12.4. The van der Waals surface area contributed by atoms with Gasteiger partial charge in [0.05, 0.1) is 6.26 Å². The van der Waals surface area contributed by atoms with E-state index >= 15 is 0 Å². The lowest BCUT2D eigenvalue weighted by Crippen LogP contribution is -2.49. The lowest BCUT2D eigenvalue weighted by Gasteiger charge is -2.34. The standard InChI is InChI=1S/C22H25N5O2/c1-15-13-16(2)20(17(3)14-15)24-19-6-7-23-22(25-19)27-10-8-26(9-11-27)21(28)18-5-4-12-29-18/h4-7,12-14H,8-11H2,1-3H3,(H,23,24,25). The Morgan fingerprint density at radius 3 is 2.45 bits per heavy atom. The van der Waals surface area contributed by atoms with E-state index in [0.717, 1.165) is 11.5 Å². The lowest BCUT2D eigenvalue weighted by atomic mass is 10.1. The molecule has 0 aliphatic carbocycles. The number of amides is 1. The first kappa shape index (κ1) is 19.0. The number of nitrogens with zero attached hydrogens (tertiary/aromatic N) is 4. The van der Waals surface area contributed by atoms with E-state index in [2.05, 4.69) is 48.1 Å². The molecule has 150 valence electrons. The number of rotatable bonds is 4. The van der Waals surface area contributed by atoms with Crippen molar-refractivity contribution in [3.63, 3.8) is 0 Å². The predicted octanol–water partition coefficient (Wildman–Crippen LogP) is 3.70. The summed E-state index contributed by atoms with van der Waals surface area (Å²) in [5, 5.41) is 3.44. The molecule has 29 heavy (non-hydrogen) atoms. The fourth-order valence-electron chi connectivity index (χ4n) is 3.74. The number of anilines is 3. The number of hydrogen-bond donors (Lipinski definition) is 1. The highest BCUT2D eigenvalue weighted by Gasteiger charge is 2.25. The Kier molecular flexibility index (Phi) is 5.20. The van der Waals surface area contributed by atoms with Crippen molar-refractivity contribution in [1.82, 2.24) is 14.9 Å². The van der Waals surface area contributed by atoms with Crippen molar-refractivity contribution >= 4 is 23.4 Å². The van der Waals surface area contributed by atoms with Gasteiger partial charge in [0.1, 0.15) is 5.82 Å². The molecule has 0 spiro atoms. The molecule has 3 heterocycles. The number of nitrogens with one attached hydrogen (secondary N) is 1. The minimum Gasteiger partial charge on any atom is -0.459 e. The van der Waals surface area contributed by atoms with E-state index in [1.54, 1.807) is 23.2 Å². The first-order valence-electron chi connectivity index (χ1n) is 9.77. The Hall–Kier alpha value is -3.35. The number of aryl methyl sites for hydroxylation is 3. The maximum absolute atomic E-state index is 12.4. The predicted molar refractivity (Wildman–Crippen MR) is 113 cm³/mol. The third-order valence-electron chi connectivity index (χ3n) is 5.15. The highest BCUT2D eigenvalue weighted by molar-refractivity contribution is 5.91. The van der Waals surface area contributed by atoms with E-state index < -0.39 is 0 Å². The maximum Gasteiger partial charge on any atom is 0.289 e. The van der Waals surface area contributed by atoms with Crippen LogP contribution >= 0.6 is 0 Å². The van der Waals surface area contributed by atoms with Crippen molar-refractivity contribution in [2.24, 2.45) is 0 Å². The molecule has 0 bridgehead atoms. The summed E-state index contributed by atoms with van der Waals surface area (Å²) < 4.78 is 5.22. The second kappa shape index (κ2) is 7.95. The van der Waals surface area contributed by atoms with Crippen LogP contribution in [0.25, 0.3) is 0 Å².